The van der Waals surface area contributed by atoms with Crippen molar-refractivity contribution in [3.63, 3.8) is 0 Å². The van der Waals surface area contributed by atoms with Crippen LogP contribution in [0.25, 0.3) is 11.1 Å². The number of rotatable bonds is 1. The Morgan fingerprint density at radius 3 is 1.59 bits per heavy atom. The van der Waals surface area contributed by atoms with Crippen LogP contribution in [-0.4, -0.2) is 27.7 Å². The van der Waals surface area contributed by atoms with E-state index in [0.717, 1.165) is 0 Å². The summed E-state index contributed by atoms with van der Waals surface area (Å²) in [6, 6.07) is 17.8. The van der Waals surface area contributed by atoms with E-state index in [1.54, 1.807) is 11.1 Å². The molecule has 0 atom stereocenters. The second kappa shape index (κ2) is 4.86. The molecule has 2 heteroatoms. The van der Waals surface area contributed by atoms with Crippen molar-refractivity contribution in [2.45, 2.75) is 18.6 Å². The van der Waals surface area contributed by atoms with Gasteiger partial charge in [0.25, 0.3) is 0 Å². The van der Waals surface area contributed by atoms with Gasteiger partial charge in [0.05, 0.1) is 0 Å². The minimum Gasteiger partial charge on any atom is -0.0714 e. The molecule has 0 saturated heterocycles. The fourth-order valence-electron chi connectivity index (χ4n) is 2.91. The van der Waals surface area contributed by atoms with E-state index in [0.29, 0.717) is 5.54 Å². The Bertz CT molecular complexity index is 488. The van der Waals surface area contributed by atoms with Gasteiger partial charge in [0.15, 0.2) is 0 Å². The average molecular weight is 231 g/mol. The van der Waals surface area contributed by atoms with Gasteiger partial charge in [0.2, 0.25) is 0 Å². The zero-order chi connectivity index (χ0) is 11.1. The summed E-state index contributed by atoms with van der Waals surface area (Å²) in [7, 11) is -0.697. The fourth-order valence-corrected chi connectivity index (χ4v) is 4.93. The smallest absolute Gasteiger partial charge is 0.0444 e. The fraction of sp³-hybridized carbons (Fsp3) is 0.200. The van der Waals surface area contributed by atoms with E-state index < -0.39 is 8.80 Å². The summed E-state index contributed by atoms with van der Waals surface area (Å²) < 4.78 is 0. The van der Waals surface area contributed by atoms with Crippen LogP contribution < -0.4 is 0 Å². The Balaban J connectivity index is 0.00000108. The van der Waals surface area contributed by atoms with E-state index in [-0.39, 0.29) is 18.9 Å². The Morgan fingerprint density at radius 1 is 0.765 bits per heavy atom. The summed E-state index contributed by atoms with van der Waals surface area (Å²) in [5.74, 6) is 0. The first-order valence-corrected chi connectivity index (χ1v) is 8.95. The average Bonchev–Trinajstić information content (AvgIpc) is 2.63. The molecule has 0 aromatic heterocycles. The van der Waals surface area contributed by atoms with E-state index in [9.17, 15) is 0 Å². The van der Waals surface area contributed by atoms with Gasteiger partial charge < -0.3 is 0 Å². The maximum absolute atomic E-state index is 2.45. The standard InChI is InChI=1S/C15H16Si.Li/c1-16(2)15-13-9-5-3-7-11(13)12-8-4-6-10-14(12)15;/h3-10,15-16H,1-2H3;. The number of hydrogen-bond donors (Lipinski definition) is 0. The predicted molar refractivity (Wildman–Crippen MR) is 78.4 cm³/mol. The van der Waals surface area contributed by atoms with Crippen LogP contribution in [0.1, 0.15) is 16.7 Å². The molecular formula is C15H16LiSi. The van der Waals surface area contributed by atoms with Crippen molar-refractivity contribution in [1.82, 2.24) is 0 Å². The monoisotopic (exact) mass is 231 g/mol. The van der Waals surface area contributed by atoms with E-state index >= 15 is 0 Å². The molecule has 0 saturated carbocycles. The molecule has 0 nitrogen and oxygen atoms in total. The van der Waals surface area contributed by atoms with Crippen molar-refractivity contribution in [2.24, 2.45) is 0 Å². The summed E-state index contributed by atoms with van der Waals surface area (Å²) in [5, 5.41) is 0. The van der Waals surface area contributed by atoms with Gasteiger partial charge in [0.1, 0.15) is 0 Å². The summed E-state index contributed by atoms with van der Waals surface area (Å²) in [4.78, 5) is 0. The third kappa shape index (κ3) is 1.93. The molecule has 1 aliphatic carbocycles. The van der Waals surface area contributed by atoms with Crippen molar-refractivity contribution in [1.29, 1.82) is 0 Å². The second-order valence-corrected chi connectivity index (χ2v) is 8.05. The van der Waals surface area contributed by atoms with E-state index in [1.165, 1.54) is 11.1 Å². The van der Waals surface area contributed by atoms with Gasteiger partial charge in [-0.2, -0.15) is 0 Å². The van der Waals surface area contributed by atoms with Gasteiger partial charge in [-0.15, -0.1) is 0 Å². The molecule has 2 aromatic carbocycles. The van der Waals surface area contributed by atoms with Gasteiger partial charge in [-0.1, -0.05) is 61.6 Å². The molecule has 0 heterocycles. The van der Waals surface area contributed by atoms with Crippen LogP contribution in [0.15, 0.2) is 48.5 Å². The van der Waals surface area contributed by atoms with Crippen LogP contribution in [-0.2, 0) is 0 Å². The molecule has 2 aromatic rings. The van der Waals surface area contributed by atoms with Crippen molar-refractivity contribution in [3.05, 3.63) is 59.7 Å². The second-order valence-electron chi connectivity index (χ2n) is 4.90. The number of hydrogen-bond acceptors (Lipinski definition) is 0. The first kappa shape index (κ1) is 12.7. The molecule has 0 spiro atoms. The third-order valence-corrected chi connectivity index (χ3v) is 5.60. The minimum atomic E-state index is -0.697. The van der Waals surface area contributed by atoms with Gasteiger partial charge >= 0.3 is 0 Å². The molecule has 1 aliphatic rings. The number of fused-ring (bicyclic) bond motifs is 3. The van der Waals surface area contributed by atoms with Crippen LogP contribution in [0.4, 0.5) is 0 Å². The van der Waals surface area contributed by atoms with Crippen LogP contribution in [0.5, 0.6) is 0 Å². The zero-order valence-corrected chi connectivity index (χ0v) is 11.9. The van der Waals surface area contributed by atoms with Crippen LogP contribution >= 0.6 is 0 Å². The number of benzene rings is 2. The first-order valence-electron chi connectivity index (χ1n) is 5.97. The van der Waals surface area contributed by atoms with Gasteiger partial charge in [-0.05, 0) is 22.3 Å². The quantitative estimate of drug-likeness (QED) is 0.659. The molecule has 0 bridgehead atoms. The molecule has 0 unspecified atom stereocenters. The zero-order valence-electron chi connectivity index (χ0n) is 10.8. The topological polar surface area (TPSA) is 0 Å². The summed E-state index contributed by atoms with van der Waals surface area (Å²) in [6.07, 6.45) is 0. The predicted octanol–water partition coefficient (Wildman–Crippen LogP) is 3.44. The van der Waals surface area contributed by atoms with Crippen molar-refractivity contribution >= 4 is 27.7 Å². The van der Waals surface area contributed by atoms with Crippen molar-refractivity contribution in [3.8, 4) is 11.1 Å². The molecule has 0 fully saturated rings. The van der Waals surface area contributed by atoms with Gasteiger partial charge in [-0.25, -0.2) is 0 Å². The van der Waals surface area contributed by atoms with Crippen LogP contribution in [0.2, 0.25) is 13.1 Å². The van der Waals surface area contributed by atoms with E-state index in [1.807, 2.05) is 0 Å². The van der Waals surface area contributed by atoms with Crippen molar-refractivity contribution in [2.75, 3.05) is 0 Å². The molecule has 17 heavy (non-hydrogen) atoms. The maximum atomic E-state index is 2.45. The Morgan fingerprint density at radius 2 is 1.18 bits per heavy atom. The van der Waals surface area contributed by atoms with Gasteiger partial charge in [-0.3, -0.25) is 0 Å². The molecule has 1 radical (unpaired) electrons. The third-order valence-electron chi connectivity index (χ3n) is 3.55. The molecule has 0 amide bonds. The molecule has 81 valence electrons. The molecule has 3 rings (SSSR count). The van der Waals surface area contributed by atoms with Crippen LogP contribution in [0, 0.1) is 0 Å². The SMILES string of the molecule is C[SiH](C)C1c2ccccc2-c2ccccc21.[Li]. The Kier molecular flexibility index (Phi) is 3.63. The first-order chi connectivity index (χ1) is 7.79. The van der Waals surface area contributed by atoms with Gasteiger partial charge in [0, 0.05) is 33.2 Å². The Hall–Kier alpha value is -0.746. The molecular weight excluding hydrogens is 215 g/mol. The van der Waals surface area contributed by atoms with Crippen LogP contribution in [0.3, 0.4) is 0 Å². The maximum Gasteiger partial charge on any atom is 0.0444 e. The van der Waals surface area contributed by atoms with E-state index in [2.05, 4.69) is 61.6 Å². The Labute approximate surface area is 117 Å². The molecule has 0 N–H and O–H groups in total. The normalized spacial score (nSPS) is 13.1. The van der Waals surface area contributed by atoms with Crippen molar-refractivity contribution < 1.29 is 0 Å². The largest absolute Gasteiger partial charge is 0.0714 e. The summed E-state index contributed by atoms with van der Waals surface area (Å²) >= 11 is 0. The molecule has 0 aliphatic heterocycles. The summed E-state index contributed by atoms with van der Waals surface area (Å²) in [5.41, 5.74) is 6.76. The summed E-state index contributed by atoms with van der Waals surface area (Å²) in [6.45, 7) is 4.90. The minimum absolute atomic E-state index is 0. The van der Waals surface area contributed by atoms with E-state index in [4.69, 9.17) is 0 Å².